The Morgan fingerprint density at radius 3 is 2.22 bits per heavy atom. The number of amides is 1. The average Bonchev–Trinajstić information content (AvgIpc) is 2.70. The van der Waals surface area contributed by atoms with Crippen LogP contribution in [0.5, 0.6) is 5.75 Å². The second kappa shape index (κ2) is 11.9. The Balaban J connectivity index is 1.81. The van der Waals surface area contributed by atoms with Gasteiger partial charge in [0.2, 0.25) is 0 Å². The van der Waals surface area contributed by atoms with Gasteiger partial charge in [-0.1, -0.05) is 18.6 Å². The second-order valence-electron chi connectivity index (χ2n) is 5.95. The summed E-state index contributed by atoms with van der Waals surface area (Å²) in [5.41, 5.74) is 2.06. The van der Waals surface area contributed by atoms with E-state index in [2.05, 4.69) is 15.5 Å². The van der Waals surface area contributed by atoms with Crippen LogP contribution in [0.15, 0.2) is 58.8 Å². The zero-order valence-electron chi connectivity index (χ0n) is 15.6. The molecule has 0 aliphatic rings. The summed E-state index contributed by atoms with van der Waals surface area (Å²) in [6.45, 7) is 3.25. The summed E-state index contributed by atoms with van der Waals surface area (Å²) >= 11 is 4.79. The lowest BCUT2D eigenvalue weighted by atomic mass is 10.2. The summed E-state index contributed by atoms with van der Waals surface area (Å²) in [6, 6.07) is 14.5. The summed E-state index contributed by atoms with van der Waals surface area (Å²) in [5, 5.41) is 13.1. The lowest BCUT2D eigenvalue weighted by Gasteiger charge is -2.05. The third-order valence-corrected chi connectivity index (χ3v) is 4.08. The van der Waals surface area contributed by atoms with Gasteiger partial charge in [-0.3, -0.25) is 4.79 Å². The van der Waals surface area contributed by atoms with Gasteiger partial charge in [0.25, 0.3) is 5.91 Å². The molecule has 0 bridgehead atoms. The molecule has 0 heterocycles. The molecule has 1 amide bonds. The summed E-state index contributed by atoms with van der Waals surface area (Å²) in [5.74, 6) is 0.741. The van der Waals surface area contributed by atoms with Crippen LogP contribution in [0.25, 0.3) is 0 Å². The van der Waals surface area contributed by atoms with Crippen molar-refractivity contribution in [2.24, 2.45) is 10.2 Å². The van der Waals surface area contributed by atoms with E-state index in [-0.39, 0.29) is 5.91 Å². The molecule has 0 unspecified atom stereocenters. The van der Waals surface area contributed by atoms with Gasteiger partial charge in [-0.2, -0.15) is 10.2 Å². The molecule has 0 radical (unpaired) electrons. The van der Waals surface area contributed by atoms with E-state index in [4.69, 9.17) is 17.0 Å². The van der Waals surface area contributed by atoms with Crippen molar-refractivity contribution in [1.82, 2.24) is 5.32 Å². The molecular formula is C21H25N3O2S. The van der Waals surface area contributed by atoms with Crippen molar-refractivity contribution in [2.45, 2.75) is 32.6 Å². The van der Waals surface area contributed by atoms with Gasteiger partial charge < -0.3 is 10.1 Å². The van der Waals surface area contributed by atoms with E-state index < -0.39 is 0 Å². The molecule has 5 nitrogen and oxygen atoms in total. The topological polar surface area (TPSA) is 63.1 Å². The highest BCUT2D eigenvalue weighted by Gasteiger charge is 2.04. The van der Waals surface area contributed by atoms with E-state index in [1.807, 2.05) is 31.2 Å². The smallest absolute Gasteiger partial charge is 0.251 e. The van der Waals surface area contributed by atoms with E-state index in [1.54, 1.807) is 29.6 Å². The summed E-state index contributed by atoms with van der Waals surface area (Å²) in [6.07, 6.45) is 4.06. The maximum atomic E-state index is 12.1. The summed E-state index contributed by atoms with van der Waals surface area (Å²) < 4.78 is 5.40. The molecule has 0 saturated heterocycles. The van der Waals surface area contributed by atoms with Crippen molar-refractivity contribution in [3.63, 3.8) is 0 Å². The van der Waals surface area contributed by atoms with Crippen molar-refractivity contribution < 1.29 is 9.53 Å². The van der Waals surface area contributed by atoms with Gasteiger partial charge in [0, 0.05) is 12.1 Å². The van der Waals surface area contributed by atoms with Crippen LogP contribution in [0.2, 0.25) is 0 Å². The van der Waals surface area contributed by atoms with Crippen LogP contribution in [0, 0.1) is 0 Å². The number of benzene rings is 2. The van der Waals surface area contributed by atoms with E-state index in [0.717, 1.165) is 37.1 Å². The molecule has 2 aromatic carbocycles. The molecular weight excluding hydrogens is 358 g/mol. The first-order chi connectivity index (χ1) is 13.2. The fourth-order valence-corrected chi connectivity index (χ4v) is 2.57. The number of carbonyl (C=O) groups excluding carboxylic acids is 1. The Bertz CT molecular complexity index is 743. The van der Waals surface area contributed by atoms with Gasteiger partial charge in [0.05, 0.1) is 18.0 Å². The molecule has 142 valence electrons. The van der Waals surface area contributed by atoms with Crippen molar-refractivity contribution >= 4 is 34.9 Å². The number of ether oxygens (including phenoxy) is 1. The first kappa shape index (κ1) is 20.7. The largest absolute Gasteiger partial charge is 0.494 e. The quantitative estimate of drug-likeness (QED) is 0.303. The number of azo groups is 1. The van der Waals surface area contributed by atoms with E-state index in [0.29, 0.717) is 24.4 Å². The zero-order chi connectivity index (χ0) is 19.3. The molecule has 0 fully saturated rings. The number of hydrogen-bond donors (Lipinski definition) is 1. The number of carbonyl (C=O) groups is 1. The van der Waals surface area contributed by atoms with Crippen LogP contribution >= 0.6 is 12.2 Å². The van der Waals surface area contributed by atoms with Gasteiger partial charge >= 0.3 is 0 Å². The second-order valence-corrected chi connectivity index (χ2v) is 6.28. The Kier molecular flexibility index (Phi) is 9.13. The summed E-state index contributed by atoms with van der Waals surface area (Å²) in [7, 11) is 0. The number of nitrogens with zero attached hydrogens (tertiary/aromatic N) is 2. The van der Waals surface area contributed by atoms with Crippen molar-refractivity contribution in [1.29, 1.82) is 0 Å². The van der Waals surface area contributed by atoms with Crippen LogP contribution in [-0.2, 0) is 0 Å². The maximum absolute atomic E-state index is 12.1. The molecule has 2 aromatic rings. The fourth-order valence-electron chi connectivity index (χ4n) is 2.40. The van der Waals surface area contributed by atoms with Crippen molar-refractivity contribution in [3.8, 4) is 5.75 Å². The molecule has 1 N–H and O–H groups in total. The Morgan fingerprint density at radius 1 is 1.00 bits per heavy atom. The van der Waals surface area contributed by atoms with Gasteiger partial charge in [0.1, 0.15) is 5.75 Å². The number of nitrogens with one attached hydrogen (secondary N) is 1. The molecule has 0 aliphatic heterocycles. The van der Waals surface area contributed by atoms with E-state index in [9.17, 15) is 4.79 Å². The molecule has 0 atom stereocenters. The molecule has 2 rings (SSSR count). The van der Waals surface area contributed by atoms with E-state index in [1.165, 1.54) is 0 Å². The molecule has 0 saturated carbocycles. The average molecular weight is 384 g/mol. The Hall–Kier alpha value is -2.60. The molecule has 27 heavy (non-hydrogen) atoms. The van der Waals surface area contributed by atoms with Crippen LogP contribution < -0.4 is 10.1 Å². The maximum Gasteiger partial charge on any atom is 0.251 e. The first-order valence-electron chi connectivity index (χ1n) is 9.19. The highest BCUT2D eigenvalue weighted by atomic mass is 32.1. The van der Waals surface area contributed by atoms with Gasteiger partial charge in [-0.15, -0.1) is 0 Å². The fraction of sp³-hybridized carbons (Fsp3) is 0.333. The van der Waals surface area contributed by atoms with Crippen LogP contribution in [0.4, 0.5) is 11.4 Å². The van der Waals surface area contributed by atoms with Crippen molar-refractivity contribution in [3.05, 3.63) is 54.1 Å². The van der Waals surface area contributed by atoms with Gasteiger partial charge in [0.15, 0.2) is 0 Å². The predicted molar refractivity (Wildman–Crippen MR) is 113 cm³/mol. The Labute approximate surface area is 165 Å². The highest BCUT2D eigenvalue weighted by molar-refractivity contribution is 7.78. The van der Waals surface area contributed by atoms with E-state index >= 15 is 0 Å². The highest BCUT2D eigenvalue weighted by Crippen LogP contribution is 2.21. The monoisotopic (exact) mass is 383 g/mol. The predicted octanol–water partition coefficient (Wildman–Crippen LogP) is 5.79. The SMILES string of the molecule is CCOc1ccc(N=Nc2ccc(C(=O)NCCCCCC=S)cc2)cc1. The lowest BCUT2D eigenvalue weighted by Crippen LogP contribution is -2.24. The number of rotatable bonds is 11. The normalized spacial score (nSPS) is 10.7. The standard InChI is InChI=1S/C21H25N3O2S/c1-2-26-20-13-11-19(12-14-20)24-23-18-9-7-17(8-10-18)21(25)22-15-5-3-4-6-16-27/h7-14,16H,2-6,15H2,1H3,(H,22,25). The summed E-state index contributed by atoms with van der Waals surface area (Å²) in [4.78, 5) is 12.1. The molecule has 6 heteroatoms. The molecule has 0 aromatic heterocycles. The molecule has 0 spiro atoms. The minimum absolute atomic E-state index is 0.0696. The minimum atomic E-state index is -0.0696. The van der Waals surface area contributed by atoms with Crippen LogP contribution in [0.1, 0.15) is 43.0 Å². The van der Waals surface area contributed by atoms with Crippen molar-refractivity contribution in [2.75, 3.05) is 13.2 Å². The van der Waals surface area contributed by atoms with Gasteiger partial charge in [-0.25, -0.2) is 0 Å². The van der Waals surface area contributed by atoms with Gasteiger partial charge in [-0.05, 0) is 80.1 Å². The molecule has 0 aliphatic carbocycles. The van der Waals surface area contributed by atoms with Crippen LogP contribution in [0.3, 0.4) is 0 Å². The van der Waals surface area contributed by atoms with Crippen LogP contribution in [-0.4, -0.2) is 24.4 Å². The number of unbranched alkanes of at least 4 members (excludes halogenated alkanes) is 3. The third kappa shape index (κ3) is 7.66. The third-order valence-electron chi connectivity index (χ3n) is 3.84. The lowest BCUT2D eigenvalue weighted by molar-refractivity contribution is 0.0953. The minimum Gasteiger partial charge on any atom is -0.494 e. The number of thiocarbonyl (C=S) groups is 1. The zero-order valence-corrected chi connectivity index (χ0v) is 16.4. The Morgan fingerprint density at radius 2 is 1.63 bits per heavy atom. The first-order valence-corrected chi connectivity index (χ1v) is 9.66. The number of hydrogen-bond acceptors (Lipinski definition) is 5.